The summed E-state index contributed by atoms with van der Waals surface area (Å²) in [4.78, 5) is 11.7. The number of ether oxygens (including phenoxy) is 1. The lowest BCUT2D eigenvalue weighted by atomic mass is 9.63. The van der Waals surface area contributed by atoms with Crippen LogP contribution in [0.25, 0.3) is 0 Å². The molecule has 0 heterocycles. The van der Waals surface area contributed by atoms with Gasteiger partial charge in [0, 0.05) is 11.8 Å². The van der Waals surface area contributed by atoms with Crippen LogP contribution in [0.1, 0.15) is 67.6 Å². The third kappa shape index (κ3) is 3.46. The molecule has 0 bridgehead atoms. The van der Waals surface area contributed by atoms with E-state index in [9.17, 15) is 9.18 Å². The van der Waals surface area contributed by atoms with Gasteiger partial charge in [-0.2, -0.15) is 0 Å². The maximum Gasteiger partial charge on any atom is 0.340 e. The van der Waals surface area contributed by atoms with Crippen LogP contribution in [0.4, 0.5) is 21.5 Å². The summed E-state index contributed by atoms with van der Waals surface area (Å²) in [6, 6.07) is 6.95. The fourth-order valence-corrected chi connectivity index (χ4v) is 3.97. The summed E-state index contributed by atoms with van der Waals surface area (Å²) in [5.41, 5.74) is 11.5. The van der Waals surface area contributed by atoms with Gasteiger partial charge in [0.2, 0.25) is 0 Å². The maximum absolute atomic E-state index is 14.4. The van der Waals surface area contributed by atoms with E-state index in [0.717, 1.165) is 24.1 Å². The van der Waals surface area contributed by atoms with Gasteiger partial charge in [0.15, 0.2) is 0 Å². The summed E-state index contributed by atoms with van der Waals surface area (Å²) in [5, 5.41) is 3.26. The maximum atomic E-state index is 14.4. The molecule has 150 valence electrons. The molecule has 1 aliphatic carbocycles. The van der Waals surface area contributed by atoms with Gasteiger partial charge in [-0.25, -0.2) is 9.18 Å². The molecule has 2 aromatic carbocycles. The Labute approximate surface area is 166 Å². The molecule has 0 saturated heterocycles. The van der Waals surface area contributed by atoms with Gasteiger partial charge in [-0.05, 0) is 59.4 Å². The zero-order valence-corrected chi connectivity index (χ0v) is 17.5. The van der Waals surface area contributed by atoms with Crippen LogP contribution in [0.5, 0.6) is 0 Å². The van der Waals surface area contributed by atoms with Crippen molar-refractivity contribution in [3.63, 3.8) is 0 Å². The fourth-order valence-electron chi connectivity index (χ4n) is 3.97. The van der Waals surface area contributed by atoms with Crippen LogP contribution in [0, 0.1) is 12.7 Å². The molecular formula is C23H29FN2O2. The number of hydrogen-bond acceptors (Lipinski definition) is 4. The first-order valence-electron chi connectivity index (χ1n) is 9.56. The number of anilines is 3. The number of methoxy groups -OCH3 is 1. The van der Waals surface area contributed by atoms with Crippen molar-refractivity contribution in [2.45, 2.75) is 58.3 Å². The van der Waals surface area contributed by atoms with Crippen molar-refractivity contribution >= 4 is 23.0 Å². The van der Waals surface area contributed by atoms with Crippen molar-refractivity contribution in [3.05, 3.63) is 52.3 Å². The van der Waals surface area contributed by atoms with Crippen LogP contribution in [-0.4, -0.2) is 13.1 Å². The Morgan fingerprint density at radius 3 is 2.18 bits per heavy atom. The summed E-state index contributed by atoms with van der Waals surface area (Å²) in [7, 11) is 1.21. The van der Waals surface area contributed by atoms with E-state index in [1.165, 1.54) is 30.4 Å². The lowest BCUT2D eigenvalue weighted by Crippen LogP contribution is -2.34. The van der Waals surface area contributed by atoms with Crippen molar-refractivity contribution in [2.24, 2.45) is 0 Å². The molecule has 3 rings (SSSR count). The molecule has 0 spiro atoms. The average Bonchev–Trinajstić information content (AvgIpc) is 2.62. The fraction of sp³-hybridized carbons (Fsp3) is 0.435. The Morgan fingerprint density at radius 1 is 1.04 bits per heavy atom. The van der Waals surface area contributed by atoms with Crippen LogP contribution in [0.2, 0.25) is 0 Å². The van der Waals surface area contributed by atoms with E-state index in [0.29, 0.717) is 11.4 Å². The Bertz CT molecular complexity index is 948. The van der Waals surface area contributed by atoms with E-state index in [4.69, 9.17) is 5.73 Å². The van der Waals surface area contributed by atoms with Crippen molar-refractivity contribution in [2.75, 3.05) is 18.2 Å². The summed E-state index contributed by atoms with van der Waals surface area (Å²) in [5.74, 6) is -1.41. The molecule has 0 radical (unpaired) electrons. The highest BCUT2D eigenvalue weighted by atomic mass is 19.1. The largest absolute Gasteiger partial charge is 0.465 e. The highest BCUT2D eigenvalue weighted by Crippen LogP contribution is 2.47. The lowest BCUT2D eigenvalue weighted by Gasteiger charge is -2.42. The first-order chi connectivity index (χ1) is 13.0. The smallest absolute Gasteiger partial charge is 0.340 e. The van der Waals surface area contributed by atoms with E-state index in [-0.39, 0.29) is 16.4 Å². The molecule has 1 aliphatic rings. The second-order valence-corrected chi connectivity index (χ2v) is 9.02. The number of nitrogens with one attached hydrogen (secondary N) is 1. The van der Waals surface area contributed by atoms with Crippen LogP contribution >= 0.6 is 0 Å². The Hall–Kier alpha value is -2.56. The van der Waals surface area contributed by atoms with E-state index in [1.54, 1.807) is 0 Å². The van der Waals surface area contributed by atoms with Gasteiger partial charge in [-0.1, -0.05) is 33.8 Å². The predicted molar refractivity (Wildman–Crippen MR) is 112 cm³/mol. The SMILES string of the molecule is COC(=O)c1cc(N)c(Nc2cc3c(cc2C)C(C)(C)CCC3(C)C)cc1F. The second kappa shape index (κ2) is 6.80. The van der Waals surface area contributed by atoms with Gasteiger partial charge in [0.25, 0.3) is 0 Å². The Morgan fingerprint density at radius 2 is 1.61 bits per heavy atom. The number of halogens is 1. The van der Waals surface area contributed by atoms with Crippen molar-refractivity contribution < 1.29 is 13.9 Å². The third-order valence-corrected chi connectivity index (χ3v) is 6.01. The zero-order chi connectivity index (χ0) is 20.9. The minimum Gasteiger partial charge on any atom is -0.465 e. The van der Waals surface area contributed by atoms with Gasteiger partial charge in [0.1, 0.15) is 5.82 Å². The van der Waals surface area contributed by atoms with E-state index in [1.807, 2.05) is 6.92 Å². The molecule has 0 fully saturated rings. The summed E-state index contributed by atoms with van der Waals surface area (Å²) in [6.45, 7) is 11.1. The van der Waals surface area contributed by atoms with Gasteiger partial charge < -0.3 is 15.8 Å². The molecule has 0 aromatic heterocycles. The molecule has 0 aliphatic heterocycles. The minimum atomic E-state index is -0.746. The number of carbonyl (C=O) groups excluding carboxylic acids is 1. The first-order valence-corrected chi connectivity index (χ1v) is 9.56. The molecule has 0 amide bonds. The lowest BCUT2D eigenvalue weighted by molar-refractivity contribution is 0.0595. The zero-order valence-electron chi connectivity index (χ0n) is 17.5. The summed E-state index contributed by atoms with van der Waals surface area (Å²) in [6.07, 6.45) is 2.26. The molecule has 0 saturated carbocycles. The van der Waals surface area contributed by atoms with Crippen LogP contribution in [0.3, 0.4) is 0 Å². The molecule has 5 heteroatoms. The molecular weight excluding hydrogens is 355 g/mol. The van der Waals surface area contributed by atoms with Crippen molar-refractivity contribution in [1.29, 1.82) is 0 Å². The summed E-state index contributed by atoms with van der Waals surface area (Å²) >= 11 is 0. The number of hydrogen-bond donors (Lipinski definition) is 2. The number of fused-ring (bicyclic) bond motifs is 1. The first kappa shape index (κ1) is 20.2. The quantitative estimate of drug-likeness (QED) is 0.534. The molecule has 4 nitrogen and oxygen atoms in total. The standard InChI is InChI=1S/C23H29FN2O2/c1-13-9-15-16(23(4,5)8-7-22(15,2)3)11-19(13)26-20-12-17(24)14(10-18(20)25)21(27)28-6/h9-12,26H,7-8,25H2,1-6H3. The molecule has 28 heavy (non-hydrogen) atoms. The molecule has 0 unspecified atom stereocenters. The summed E-state index contributed by atoms with van der Waals surface area (Å²) < 4.78 is 19.0. The number of aryl methyl sites for hydroxylation is 1. The number of esters is 1. The third-order valence-electron chi connectivity index (χ3n) is 6.01. The number of benzene rings is 2. The van der Waals surface area contributed by atoms with Crippen LogP contribution in [0.15, 0.2) is 24.3 Å². The van der Waals surface area contributed by atoms with Gasteiger partial charge in [-0.15, -0.1) is 0 Å². The van der Waals surface area contributed by atoms with Gasteiger partial charge in [-0.3, -0.25) is 0 Å². The van der Waals surface area contributed by atoms with Crippen molar-refractivity contribution in [3.8, 4) is 0 Å². The second-order valence-electron chi connectivity index (χ2n) is 9.02. The van der Waals surface area contributed by atoms with E-state index >= 15 is 0 Å². The molecule has 0 atom stereocenters. The highest BCUT2D eigenvalue weighted by molar-refractivity contribution is 5.92. The molecule has 3 N–H and O–H groups in total. The number of carbonyl (C=O) groups is 1. The van der Waals surface area contributed by atoms with Crippen molar-refractivity contribution in [1.82, 2.24) is 0 Å². The average molecular weight is 384 g/mol. The van der Waals surface area contributed by atoms with Crippen LogP contribution < -0.4 is 11.1 Å². The van der Waals surface area contributed by atoms with E-state index < -0.39 is 11.8 Å². The number of rotatable bonds is 3. The van der Waals surface area contributed by atoms with E-state index in [2.05, 4.69) is 49.9 Å². The number of nitrogens with two attached hydrogens (primary N) is 1. The monoisotopic (exact) mass is 384 g/mol. The number of nitrogen functional groups attached to an aromatic ring is 1. The van der Waals surface area contributed by atoms with Crippen LogP contribution in [-0.2, 0) is 15.6 Å². The normalized spacial score (nSPS) is 17.0. The topological polar surface area (TPSA) is 64.3 Å². The molecule has 2 aromatic rings. The minimum absolute atomic E-state index is 0.0700. The Kier molecular flexibility index (Phi) is 4.90. The highest BCUT2D eigenvalue weighted by Gasteiger charge is 2.37. The predicted octanol–water partition coefficient (Wildman–Crippen LogP) is 5.60. The van der Waals surface area contributed by atoms with Gasteiger partial charge in [0.05, 0.1) is 24.0 Å². The Balaban J connectivity index is 2.05. The van der Waals surface area contributed by atoms with Gasteiger partial charge >= 0.3 is 5.97 Å².